The lowest BCUT2D eigenvalue weighted by atomic mass is 9.93. The van der Waals surface area contributed by atoms with Gasteiger partial charge in [0.25, 0.3) is 0 Å². The zero-order valence-electron chi connectivity index (χ0n) is 17.0. The van der Waals surface area contributed by atoms with E-state index in [0.717, 1.165) is 34.2 Å². The molecule has 1 aliphatic heterocycles. The summed E-state index contributed by atoms with van der Waals surface area (Å²) < 4.78 is 7.18. The molecule has 0 spiro atoms. The second-order valence-electron chi connectivity index (χ2n) is 6.86. The average Bonchev–Trinajstić information content (AvgIpc) is 3.07. The van der Waals surface area contributed by atoms with Gasteiger partial charge in [-0.05, 0) is 38.3 Å². The van der Waals surface area contributed by atoms with E-state index < -0.39 is 0 Å². The van der Waals surface area contributed by atoms with Crippen molar-refractivity contribution in [2.45, 2.75) is 58.2 Å². The first-order valence-corrected chi connectivity index (χ1v) is 10.8. The molecule has 150 valence electrons. The number of rotatable bonds is 8. The van der Waals surface area contributed by atoms with Crippen molar-refractivity contribution >= 4 is 23.7 Å². The Morgan fingerprint density at radius 1 is 1.25 bits per heavy atom. The summed E-state index contributed by atoms with van der Waals surface area (Å²) in [5.74, 6) is 1.33. The molecule has 0 fully saturated rings. The molecule has 1 N–H and O–H groups in total. The Balaban J connectivity index is 2.00. The highest BCUT2D eigenvalue weighted by Gasteiger charge is 2.35. The van der Waals surface area contributed by atoms with Gasteiger partial charge in [0.05, 0.1) is 12.2 Å². The van der Waals surface area contributed by atoms with Crippen LogP contribution in [0.2, 0.25) is 0 Å². The molecular formula is C21H28N4O2S. The minimum Gasteiger partial charge on any atom is -0.463 e. The standard InChI is InChI=1S/C21H28N4O2S/c1-5-7-10-13-28-21-23-20-22-15(4)17(19(26)27-6-2)18(25(20)24-21)16-12-9-8-11-14(16)3/h8-9,11-12,18H,5-7,10,13H2,1-4H3,(H,22,23,24). The Bertz CT molecular complexity index is 875. The number of benzene rings is 1. The molecule has 0 bridgehead atoms. The number of aryl methyl sites for hydroxylation is 1. The van der Waals surface area contributed by atoms with Crippen LogP contribution in [0.5, 0.6) is 0 Å². The van der Waals surface area contributed by atoms with E-state index in [2.05, 4.69) is 17.2 Å². The van der Waals surface area contributed by atoms with Crippen LogP contribution in [0.1, 0.15) is 57.2 Å². The third kappa shape index (κ3) is 4.24. The molecule has 1 atom stereocenters. The van der Waals surface area contributed by atoms with Crippen LogP contribution in [0.15, 0.2) is 40.7 Å². The van der Waals surface area contributed by atoms with Crippen LogP contribution in [0.3, 0.4) is 0 Å². The number of unbranched alkanes of at least 4 members (excludes halogenated alkanes) is 2. The predicted octanol–water partition coefficient (Wildman–Crippen LogP) is 4.72. The number of hydrogen-bond acceptors (Lipinski definition) is 6. The molecule has 7 heteroatoms. The van der Waals surface area contributed by atoms with Gasteiger partial charge >= 0.3 is 5.97 Å². The summed E-state index contributed by atoms with van der Waals surface area (Å²) in [6.45, 7) is 8.29. The number of thioether (sulfide) groups is 1. The van der Waals surface area contributed by atoms with Gasteiger partial charge in [0, 0.05) is 11.4 Å². The number of aromatic nitrogens is 3. The first kappa shape index (κ1) is 20.5. The molecular weight excluding hydrogens is 372 g/mol. The predicted molar refractivity (Wildman–Crippen MR) is 113 cm³/mol. The molecule has 0 saturated heterocycles. The van der Waals surface area contributed by atoms with Gasteiger partial charge in [-0.1, -0.05) is 55.8 Å². The Labute approximate surface area is 170 Å². The van der Waals surface area contributed by atoms with E-state index in [4.69, 9.17) is 9.84 Å². The van der Waals surface area contributed by atoms with Crippen molar-refractivity contribution in [1.82, 2.24) is 14.8 Å². The minimum atomic E-state index is -0.353. The third-order valence-corrected chi connectivity index (χ3v) is 5.71. The van der Waals surface area contributed by atoms with Crippen LogP contribution < -0.4 is 5.32 Å². The van der Waals surface area contributed by atoms with E-state index in [9.17, 15) is 4.79 Å². The van der Waals surface area contributed by atoms with Gasteiger partial charge in [-0.15, -0.1) is 5.10 Å². The molecule has 0 saturated carbocycles. The average molecular weight is 401 g/mol. The van der Waals surface area contributed by atoms with Gasteiger partial charge in [0.1, 0.15) is 6.04 Å². The smallest absolute Gasteiger partial charge is 0.338 e. The summed E-state index contributed by atoms with van der Waals surface area (Å²) in [6.07, 6.45) is 3.54. The molecule has 1 aromatic carbocycles. The molecule has 6 nitrogen and oxygen atoms in total. The molecule has 1 aromatic heterocycles. The van der Waals surface area contributed by atoms with Crippen LogP contribution in [0.25, 0.3) is 0 Å². The number of ether oxygens (including phenoxy) is 1. The fourth-order valence-corrected chi connectivity index (χ4v) is 4.19. The summed E-state index contributed by atoms with van der Waals surface area (Å²) in [7, 11) is 0. The quantitative estimate of drug-likeness (QED) is 0.393. The molecule has 1 aliphatic rings. The van der Waals surface area contributed by atoms with Gasteiger partial charge in [0.15, 0.2) is 0 Å². The second-order valence-corrected chi connectivity index (χ2v) is 7.92. The Morgan fingerprint density at radius 3 is 2.75 bits per heavy atom. The highest BCUT2D eigenvalue weighted by Crippen LogP contribution is 2.37. The maximum absolute atomic E-state index is 12.8. The minimum absolute atomic E-state index is 0.320. The number of allylic oxidation sites excluding steroid dienone is 1. The molecule has 0 amide bonds. The van der Waals surface area contributed by atoms with Crippen LogP contribution in [0, 0.1) is 6.92 Å². The van der Waals surface area contributed by atoms with Gasteiger partial charge < -0.3 is 10.1 Å². The topological polar surface area (TPSA) is 69.0 Å². The van der Waals surface area contributed by atoms with Gasteiger partial charge in [0.2, 0.25) is 11.1 Å². The van der Waals surface area contributed by atoms with Gasteiger partial charge in [-0.3, -0.25) is 0 Å². The molecule has 28 heavy (non-hydrogen) atoms. The Hall–Kier alpha value is -2.28. The Morgan fingerprint density at radius 2 is 2.04 bits per heavy atom. The third-order valence-electron chi connectivity index (χ3n) is 4.79. The first-order chi connectivity index (χ1) is 13.6. The number of carbonyl (C=O) groups excluding carboxylic acids is 1. The van der Waals surface area contributed by atoms with Crippen molar-refractivity contribution < 1.29 is 9.53 Å². The summed E-state index contributed by atoms with van der Waals surface area (Å²) in [5, 5.41) is 8.72. The fourth-order valence-electron chi connectivity index (χ4n) is 3.36. The van der Waals surface area contributed by atoms with E-state index in [-0.39, 0.29) is 12.0 Å². The van der Waals surface area contributed by atoms with Crippen LogP contribution in [0.4, 0.5) is 5.95 Å². The fraction of sp³-hybridized carbons (Fsp3) is 0.476. The molecule has 2 heterocycles. The van der Waals surface area contributed by atoms with Gasteiger partial charge in [-0.2, -0.15) is 4.98 Å². The maximum Gasteiger partial charge on any atom is 0.338 e. The number of fused-ring (bicyclic) bond motifs is 1. The summed E-state index contributed by atoms with van der Waals surface area (Å²) in [6, 6.07) is 7.72. The molecule has 1 unspecified atom stereocenters. The maximum atomic E-state index is 12.8. The van der Waals surface area contributed by atoms with Crippen molar-refractivity contribution in [3.63, 3.8) is 0 Å². The lowest BCUT2D eigenvalue weighted by molar-refractivity contribution is -0.139. The molecule has 0 aliphatic carbocycles. The Kier molecular flexibility index (Phi) is 6.78. The zero-order chi connectivity index (χ0) is 20.1. The normalized spacial score (nSPS) is 15.9. The molecule has 3 rings (SSSR count). The van der Waals surface area contributed by atoms with Crippen LogP contribution >= 0.6 is 11.8 Å². The summed E-state index contributed by atoms with van der Waals surface area (Å²) in [5.41, 5.74) is 3.47. The number of hydrogen-bond donors (Lipinski definition) is 1. The van der Waals surface area contributed by atoms with Crippen LogP contribution in [-0.2, 0) is 9.53 Å². The van der Waals surface area contributed by atoms with Crippen molar-refractivity contribution in [2.75, 3.05) is 17.7 Å². The lowest BCUT2D eigenvalue weighted by Gasteiger charge is -2.28. The van der Waals surface area contributed by atoms with E-state index in [1.54, 1.807) is 11.8 Å². The monoisotopic (exact) mass is 400 g/mol. The van der Waals surface area contributed by atoms with Crippen molar-refractivity contribution in [3.05, 3.63) is 46.7 Å². The SMILES string of the molecule is CCCCCSc1nc2n(n1)C(c1ccccc1C)C(C(=O)OCC)=C(C)N2. The number of anilines is 1. The largest absolute Gasteiger partial charge is 0.463 e. The number of nitrogens with zero attached hydrogens (tertiary/aromatic N) is 3. The van der Waals surface area contributed by atoms with E-state index in [1.165, 1.54) is 12.8 Å². The summed E-state index contributed by atoms with van der Waals surface area (Å²) >= 11 is 1.66. The first-order valence-electron chi connectivity index (χ1n) is 9.86. The van der Waals surface area contributed by atoms with Crippen molar-refractivity contribution in [3.8, 4) is 0 Å². The molecule has 0 radical (unpaired) electrons. The van der Waals surface area contributed by atoms with Crippen LogP contribution in [-0.4, -0.2) is 33.1 Å². The second kappa shape index (κ2) is 9.28. The van der Waals surface area contributed by atoms with E-state index >= 15 is 0 Å². The number of esters is 1. The van der Waals surface area contributed by atoms with Crippen molar-refractivity contribution in [2.24, 2.45) is 0 Å². The molecule has 2 aromatic rings. The highest BCUT2D eigenvalue weighted by atomic mass is 32.2. The highest BCUT2D eigenvalue weighted by molar-refractivity contribution is 7.99. The summed E-state index contributed by atoms with van der Waals surface area (Å²) in [4.78, 5) is 17.4. The zero-order valence-corrected chi connectivity index (χ0v) is 17.8. The lowest BCUT2D eigenvalue weighted by Crippen LogP contribution is -2.30. The van der Waals surface area contributed by atoms with E-state index in [1.807, 2.05) is 49.7 Å². The van der Waals surface area contributed by atoms with Gasteiger partial charge in [-0.25, -0.2) is 9.48 Å². The number of carbonyl (C=O) groups is 1. The van der Waals surface area contributed by atoms with E-state index in [0.29, 0.717) is 18.1 Å². The van der Waals surface area contributed by atoms with Crippen molar-refractivity contribution in [1.29, 1.82) is 0 Å². The number of nitrogens with one attached hydrogen (secondary N) is 1.